The van der Waals surface area contributed by atoms with E-state index in [-0.39, 0.29) is 5.69 Å². The highest BCUT2D eigenvalue weighted by atomic mass is 35.5. The van der Waals surface area contributed by atoms with Gasteiger partial charge in [-0.1, -0.05) is 40.9 Å². The molecule has 0 aliphatic carbocycles. The van der Waals surface area contributed by atoms with Gasteiger partial charge in [-0.05, 0) is 30.3 Å². The first-order valence-electron chi connectivity index (χ1n) is 7.13. The summed E-state index contributed by atoms with van der Waals surface area (Å²) in [5.74, 6) is -1.15. The van der Waals surface area contributed by atoms with Gasteiger partial charge in [-0.2, -0.15) is 0 Å². The number of benzene rings is 2. The fraction of sp³-hybridized carbons (Fsp3) is 0.118. The van der Waals surface area contributed by atoms with Crippen LogP contribution in [0.2, 0.25) is 15.1 Å². The zero-order valence-electron chi connectivity index (χ0n) is 12.9. The molecule has 0 radical (unpaired) electrons. The number of fused-ring (bicyclic) bond motifs is 1. The minimum absolute atomic E-state index is 0.173. The Hall–Kier alpha value is -1.53. The first-order valence-corrected chi connectivity index (χ1v) is 10.3. The maximum Gasteiger partial charge on any atom is 0.194 e. The maximum absolute atomic E-state index is 12.6. The van der Waals surface area contributed by atoms with Crippen molar-refractivity contribution in [1.82, 2.24) is 4.98 Å². The second-order valence-corrected chi connectivity index (χ2v) is 9.10. The van der Waals surface area contributed by atoms with E-state index < -0.39 is 21.4 Å². The van der Waals surface area contributed by atoms with E-state index >= 15 is 0 Å². The van der Waals surface area contributed by atoms with Crippen molar-refractivity contribution in [2.75, 3.05) is 12.0 Å². The predicted octanol–water partition coefficient (Wildman–Crippen LogP) is 5.02. The van der Waals surface area contributed by atoms with Crippen LogP contribution in [0.25, 0.3) is 22.0 Å². The van der Waals surface area contributed by atoms with Gasteiger partial charge in [0.05, 0.1) is 5.69 Å². The summed E-state index contributed by atoms with van der Waals surface area (Å²) in [4.78, 5) is 15.6. The van der Waals surface area contributed by atoms with Crippen molar-refractivity contribution in [3.63, 3.8) is 0 Å². The van der Waals surface area contributed by atoms with Crippen LogP contribution in [0.15, 0.2) is 36.4 Å². The zero-order chi connectivity index (χ0) is 18.4. The molecule has 1 aromatic heterocycles. The van der Waals surface area contributed by atoms with Gasteiger partial charge in [-0.3, -0.25) is 4.79 Å². The number of halogens is 3. The molecule has 3 rings (SSSR count). The summed E-state index contributed by atoms with van der Waals surface area (Å²) in [6.45, 7) is 0. The maximum atomic E-state index is 12.6. The van der Waals surface area contributed by atoms with Crippen LogP contribution < -0.4 is 0 Å². The molecule has 4 nitrogen and oxygen atoms in total. The van der Waals surface area contributed by atoms with Gasteiger partial charge in [0, 0.05) is 43.4 Å². The molecule has 1 N–H and O–H groups in total. The number of H-pyrrole nitrogens is 1. The summed E-state index contributed by atoms with van der Waals surface area (Å²) in [6, 6.07) is 10.0. The lowest BCUT2D eigenvalue weighted by Gasteiger charge is -2.07. The smallest absolute Gasteiger partial charge is 0.194 e. The van der Waals surface area contributed by atoms with E-state index in [0.717, 1.165) is 6.26 Å². The minimum atomic E-state index is -3.48. The highest BCUT2D eigenvalue weighted by Crippen LogP contribution is 2.39. The average molecular weight is 417 g/mol. The molecule has 25 heavy (non-hydrogen) atoms. The number of ketones is 1. The Morgan fingerprint density at radius 1 is 1.04 bits per heavy atom. The van der Waals surface area contributed by atoms with Crippen molar-refractivity contribution in [3.8, 4) is 11.1 Å². The SMILES string of the molecule is CS(=O)(=O)CC(=O)c1[nH]c2ccc(Cl)cc2c1-c1ccc(Cl)cc1Cl. The highest BCUT2D eigenvalue weighted by Gasteiger charge is 2.23. The topological polar surface area (TPSA) is 67.0 Å². The van der Waals surface area contributed by atoms with Crippen molar-refractivity contribution < 1.29 is 13.2 Å². The first-order chi connectivity index (χ1) is 11.7. The van der Waals surface area contributed by atoms with E-state index in [1.165, 1.54) is 0 Å². The molecule has 130 valence electrons. The quantitative estimate of drug-likeness (QED) is 0.607. The minimum Gasteiger partial charge on any atom is -0.352 e. The van der Waals surface area contributed by atoms with E-state index in [2.05, 4.69) is 4.98 Å². The van der Waals surface area contributed by atoms with Crippen molar-refractivity contribution in [2.24, 2.45) is 0 Å². The number of carbonyl (C=O) groups is 1. The molecule has 0 saturated heterocycles. The molecule has 0 saturated carbocycles. The molecule has 2 aromatic carbocycles. The van der Waals surface area contributed by atoms with E-state index in [0.29, 0.717) is 37.1 Å². The van der Waals surface area contributed by atoms with Crippen LogP contribution in [-0.2, 0) is 9.84 Å². The number of Topliss-reactive ketones (excluding diaryl/α,β-unsaturated/α-hetero) is 1. The predicted molar refractivity (Wildman–Crippen MR) is 103 cm³/mol. The molecule has 8 heteroatoms. The number of hydrogen-bond acceptors (Lipinski definition) is 3. The second-order valence-electron chi connectivity index (χ2n) is 5.68. The molecule has 0 bridgehead atoms. The third-order valence-electron chi connectivity index (χ3n) is 3.63. The summed E-state index contributed by atoms with van der Waals surface area (Å²) in [7, 11) is -3.48. The van der Waals surface area contributed by atoms with Gasteiger partial charge in [0.25, 0.3) is 0 Å². The molecule has 0 aliphatic heterocycles. The average Bonchev–Trinajstić information content (AvgIpc) is 2.84. The molecule has 1 heterocycles. The Balaban J connectivity index is 2.32. The normalized spacial score (nSPS) is 11.8. The van der Waals surface area contributed by atoms with Gasteiger partial charge < -0.3 is 4.98 Å². The summed E-state index contributed by atoms with van der Waals surface area (Å²) in [5.41, 5.74) is 1.90. The van der Waals surface area contributed by atoms with Crippen molar-refractivity contribution in [2.45, 2.75) is 0 Å². The van der Waals surface area contributed by atoms with Crippen LogP contribution in [0.5, 0.6) is 0 Å². The Kier molecular flexibility index (Phi) is 4.86. The molecular weight excluding hydrogens is 405 g/mol. The third kappa shape index (κ3) is 3.85. The molecule has 3 aromatic rings. The Morgan fingerprint density at radius 3 is 2.32 bits per heavy atom. The largest absolute Gasteiger partial charge is 0.352 e. The van der Waals surface area contributed by atoms with Crippen LogP contribution in [0, 0.1) is 0 Å². The molecule has 0 amide bonds. The molecule has 0 aliphatic rings. The van der Waals surface area contributed by atoms with Gasteiger partial charge in [-0.25, -0.2) is 8.42 Å². The van der Waals surface area contributed by atoms with E-state index in [9.17, 15) is 13.2 Å². The standard InChI is InChI=1S/C17H12Cl3NO3S/c1-25(23,24)8-15(22)17-16(11-4-2-10(19)7-13(11)20)12-6-9(18)3-5-14(12)21-17/h2-7,21H,8H2,1H3. The lowest BCUT2D eigenvalue weighted by molar-refractivity contribution is 0.101. The fourth-order valence-electron chi connectivity index (χ4n) is 2.66. The Labute approximate surface area is 159 Å². The number of rotatable bonds is 4. The van der Waals surface area contributed by atoms with Crippen molar-refractivity contribution >= 4 is 61.3 Å². The van der Waals surface area contributed by atoms with E-state index in [1.54, 1.807) is 36.4 Å². The van der Waals surface area contributed by atoms with E-state index in [4.69, 9.17) is 34.8 Å². The lowest BCUT2D eigenvalue weighted by atomic mass is 10.0. The van der Waals surface area contributed by atoms with Crippen LogP contribution >= 0.6 is 34.8 Å². The van der Waals surface area contributed by atoms with Crippen LogP contribution in [0.3, 0.4) is 0 Å². The Morgan fingerprint density at radius 2 is 1.68 bits per heavy atom. The zero-order valence-corrected chi connectivity index (χ0v) is 16.0. The Bertz CT molecular complexity index is 1100. The summed E-state index contributed by atoms with van der Waals surface area (Å²) < 4.78 is 23.1. The summed E-state index contributed by atoms with van der Waals surface area (Å²) >= 11 is 18.4. The van der Waals surface area contributed by atoms with E-state index in [1.807, 2.05) is 0 Å². The first kappa shape index (κ1) is 18.3. The third-order valence-corrected chi connectivity index (χ3v) is 5.20. The molecule has 0 fully saturated rings. The van der Waals surface area contributed by atoms with Crippen LogP contribution in [-0.4, -0.2) is 31.2 Å². The molecule has 0 spiro atoms. The molecular formula is C17H12Cl3NO3S. The number of aromatic nitrogens is 1. The second kappa shape index (κ2) is 6.65. The van der Waals surface area contributed by atoms with Gasteiger partial charge in [0.1, 0.15) is 5.75 Å². The van der Waals surface area contributed by atoms with Gasteiger partial charge in [-0.15, -0.1) is 0 Å². The van der Waals surface area contributed by atoms with Crippen molar-refractivity contribution in [1.29, 1.82) is 0 Å². The van der Waals surface area contributed by atoms with Gasteiger partial charge >= 0.3 is 0 Å². The van der Waals surface area contributed by atoms with Gasteiger partial charge in [0.2, 0.25) is 0 Å². The number of carbonyl (C=O) groups excluding carboxylic acids is 1. The molecule has 0 atom stereocenters. The number of nitrogens with one attached hydrogen (secondary N) is 1. The molecule has 0 unspecified atom stereocenters. The number of aromatic amines is 1. The summed E-state index contributed by atoms with van der Waals surface area (Å²) in [5, 5.41) is 1.96. The van der Waals surface area contributed by atoms with Crippen LogP contribution in [0.1, 0.15) is 10.5 Å². The lowest BCUT2D eigenvalue weighted by Crippen LogP contribution is -2.15. The fourth-order valence-corrected chi connectivity index (χ4v) is 3.95. The highest BCUT2D eigenvalue weighted by molar-refractivity contribution is 7.91. The summed E-state index contributed by atoms with van der Waals surface area (Å²) in [6.07, 6.45) is 1.01. The van der Waals surface area contributed by atoms with Gasteiger partial charge in [0.15, 0.2) is 15.6 Å². The van der Waals surface area contributed by atoms with Crippen molar-refractivity contribution in [3.05, 3.63) is 57.2 Å². The van der Waals surface area contributed by atoms with Crippen LogP contribution in [0.4, 0.5) is 0 Å². The number of hydrogen-bond donors (Lipinski definition) is 1. The number of sulfone groups is 1. The monoisotopic (exact) mass is 415 g/mol.